The third-order valence-corrected chi connectivity index (χ3v) is 5.35. The van der Waals surface area contributed by atoms with Crippen molar-refractivity contribution >= 4 is 11.0 Å². The zero-order valence-corrected chi connectivity index (χ0v) is 16.2. The SMILES string of the molecule is O[C@@H]1[C@@H](O)[C@H](OCCCc2ccccc2)C(On2nnc3ccccc32)[C@H](O)[C@H]1O. The van der Waals surface area contributed by atoms with E-state index in [1.54, 1.807) is 24.3 Å². The highest BCUT2D eigenvalue weighted by atomic mass is 16.7. The van der Waals surface area contributed by atoms with E-state index in [0.717, 1.165) is 16.8 Å². The molecule has 1 heterocycles. The first kappa shape index (κ1) is 20.7. The summed E-state index contributed by atoms with van der Waals surface area (Å²) in [6, 6.07) is 17.0. The number of aliphatic hydroxyl groups is 4. The van der Waals surface area contributed by atoms with Crippen molar-refractivity contribution in [1.82, 2.24) is 15.2 Å². The number of aryl methyl sites for hydroxylation is 1. The van der Waals surface area contributed by atoms with Crippen molar-refractivity contribution in [2.75, 3.05) is 6.61 Å². The Hall–Kier alpha value is -2.56. The molecule has 6 atom stereocenters. The molecule has 0 spiro atoms. The molecule has 0 amide bonds. The highest BCUT2D eigenvalue weighted by Crippen LogP contribution is 2.26. The monoisotopic (exact) mass is 415 g/mol. The van der Waals surface area contributed by atoms with Crippen LogP contribution >= 0.6 is 0 Å². The van der Waals surface area contributed by atoms with E-state index in [1.807, 2.05) is 30.3 Å². The molecule has 160 valence electrons. The number of aliphatic hydroxyl groups excluding tert-OH is 4. The average molecular weight is 415 g/mol. The summed E-state index contributed by atoms with van der Waals surface area (Å²) in [6.45, 7) is 0.268. The fourth-order valence-corrected chi connectivity index (χ4v) is 3.68. The van der Waals surface area contributed by atoms with Crippen molar-refractivity contribution in [3.63, 3.8) is 0 Å². The van der Waals surface area contributed by atoms with E-state index in [2.05, 4.69) is 10.3 Å². The molecule has 0 aliphatic heterocycles. The zero-order valence-electron chi connectivity index (χ0n) is 16.2. The maximum atomic E-state index is 10.5. The molecule has 1 aliphatic rings. The molecular weight excluding hydrogens is 390 g/mol. The van der Waals surface area contributed by atoms with Crippen molar-refractivity contribution in [3.05, 3.63) is 60.2 Å². The maximum absolute atomic E-state index is 10.5. The van der Waals surface area contributed by atoms with Gasteiger partial charge in [0.1, 0.15) is 41.6 Å². The van der Waals surface area contributed by atoms with E-state index in [0.29, 0.717) is 17.5 Å². The highest BCUT2D eigenvalue weighted by Gasteiger charge is 2.51. The predicted molar refractivity (Wildman–Crippen MR) is 106 cm³/mol. The number of rotatable bonds is 7. The quantitative estimate of drug-likeness (QED) is 0.387. The second kappa shape index (κ2) is 9.07. The van der Waals surface area contributed by atoms with Gasteiger partial charge in [-0.2, -0.15) is 0 Å². The smallest absolute Gasteiger partial charge is 0.184 e. The van der Waals surface area contributed by atoms with Crippen LogP contribution in [0.5, 0.6) is 0 Å². The second-order valence-corrected chi connectivity index (χ2v) is 7.41. The Morgan fingerprint density at radius 1 is 0.800 bits per heavy atom. The molecule has 1 fully saturated rings. The fourth-order valence-electron chi connectivity index (χ4n) is 3.68. The fraction of sp³-hybridized carbons (Fsp3) is 0.429. The highest BCUT2D eigenvalue weighted by molar-refractivity contribution is 5.73. The molecule has 2 aromatic carbocycles. The molecular formula is C21H25N3O6. The van der Waals surface area contributed by atoms with Gasteiger partial charge in [-0.25, -0.2) is 0 Å². The Labute approximate surface area is 173 Å². The van der Waals surface area contributed by atoms with Crippen molar-refractivity contribution in [3.8, 4) is 0 Å². The van der Waals surface area contributed by atoms with Gasteiger partial charge in [0.15, 0.2) is 6.10 Å². The lowest BCUT2D eigenvalue weighted by Gasteiger charge is -2.42. The Bertz CT molecular complexity index is 952. The normalized spacial score (nSPS) is 29.2. The molecule has 30 heavy (non-hydrogen) atoms. The van der Waals surface area contributed by atoms with Crippen LogP contribution < -0.4 is 4.84 Å². The molecule has 4 rings (SSSR count). The van der Waals surface area contributed by atoms with Crippen LogP contribution in [0.2, 0.25) is 0 Å². The summed E-state index contributed by atoms with van der Waals surface area (Å²) in [7, 11) is 0. The van der Waals surface area contributed by atoms with Crippen LogP contribution in [0.4, 0.5) is 0 Å². The number of aromatic nitrogens is 3. The minimum atomic E-state index is -1.59. The first-order chi connectivity index (χ1) is 14.6. The van der Waals surface area contributed by atoms with Gasteiger partial charge in [0, 0.05) is 6.61 Å². The molecule has 1 aromatic heterocycles. The first-order valence-electron chi connectivity index (χ1n) is 9.91. The Kier molecular flexibility index (Phi) is 6.26. The van der Waals surface area contributed by atoms with Crippen LogP contribution in [-0.2, 0) is 11.2 Å². The number of hydrogen-bond acceptors (Lipinski definition) is 8. The number of nitrogens with zero attached hydrogens (tertiary/aromatic N) is 3. The van der Waals surface area contributed by atoms with Gasteiger partial charge in [0.2, 0.25) is 0 Å². The van der Waals surface area contributed by atoms with Gasteiger partial charge in [0.05, 0.1) is 0 Å². The number of fused-ring (bicyclic) bond motifs is 1. The second-order valence-electron chi connectivity index (χ2n) is 7.41. The Morgan fingerprint density at radius 2 is 1.47 bits per heavy atom. The Morgan fingerprint density at radius 3 is 2.23 bits per heavy atom. The number of ether oxygens (including phenoxy) is 1. The van der Waals surface area contributed by atoms with Crippen LogP contribution in [0.15, 0.2) is 54.6 Å². The summed E-state index contributed by atoms with van der Waals surface area (Å²) < 4.78 is 5.81. The third-order valence-electron chi connectivity index (χ3n) is 5.35. The first-order valence-corrected chi connectivity index (χ1v) is 9.91. The van der Waals surface area contributed by atoms with Crippen LogP contribution in [0.25, 0.3) is 11.0 Å². The molecule has 0 radical (unpaired) electrons. The number of benzene rings is 2. The largest absolute Gasteiger partial charge is 0.387 e. The van der Waals surface area contributed by atoms with E-state index >= 15 is 0 Å². The molecule has 0 bridgehead atoms. The van der Waals surface area contributed by atoms with E-state index in [-0.39, 0.29) is 6.61 Å². The minimum Gasteiger partial charge on any atom is -0.387 e. The standard InChI is InChI=1S/C21H25N3O6/c25-16-17(26)19(28)21(30-24-15-11-5-4-10-14(15)22-23-24)20(18(16)27)29-12-6-9-13-7-2-1-3-8-13/h1-5,7-8,10-11,16-21,25-28H,6,9,12H2/t16-,17-,18+,19+,20-,21?/m0/s1. The van der Waals surface area contributed by atoms with Crippen LogP contribution in [0.3, 0.4) is 0 Å². The molecule has 1 aliphatic carbocycles. The summed E-state index contributed by atoms with van der Waals surface area (Å²) in [5, 5.41) is 49.1. The topological polar surface area (TPSA) is 130 Å². The lowest BCUT2D eigenvalue weighted by atomic mass is 9.85. The predicted octanol–water partition coefficient (Wildman–Crippen LogP) is -0.296. The van der Waals surface area contributed by atoms with Gasteiger partial charge in [-0.05, 0) is 35.8 Å². The van der Waals surface area contributed by atoms with Crippen molar-refractivity contribution in [2.45, 2.75) is 49.5 Å². The molecule has 9 nitrogen and oxygen atoms in total. The maximum Gasteiger partial charge on any atom is 0.184 e. The van der Waals surface area contributed by atoms with Gasteiger partial charge in [-0.3, -0.25) is 0 Å². The van der Waals surface area contributed by atoms with Crippen LogP contribution in [0, 0.1) is 0 Å². The molecule has 0 saturated heterocycles. The lowest BCUT2D eigenvalue weighted by Crippen LogP contribution is -2.67. The molecule has 3 aromatic rings. The Balaban J connectivity index is 1.47. The van der Waals surface area contributed by atoms with E-state index < -0.39 is 36.6 Å². The molecule has 4 N–H and O–H groups in total. The van der Waals surface area contributed by atoms with Crippen molar-refractivity contribution in [1.29, 1.82) is 0 Å². The van der Waals surface area contributed by atoms with E-state index in [9.17, 15) is 20.4 Å². The number of para-hydroxylation sites is 1. The van der Waals surface area contributed by atoms with Crippen LogP contribution in [0.1, 0.15) is 12.0 Å². The van der Waals surface area contributed by atoms with E-state index in [4.69, 9.17) is 9.57 Å². The summed E-state index contributed by atoms with van der Waals surface area (Å²) >= 11 is 0. The average Bonchev–Trinajstić information content (AvgIpc) is 3.19. The molecule has 1 unspecified atom stereocenters. The van der Waals surface area contributed by atoms with E-state index in [1.165, 1.54) is 0 Å². The molecule has 9 heteroatoms. The summed E-state index contributed by atoms with van der Waals surface area (Å²) in [4.78, 5) is 6.90. The van der Waals surface area contributed by atoms with Gasteiger partial charge >= 0.3 is 0 Å². The van der Waals surface area contributed by atoms with Gasteiger partial charge in [-0.15, -0.1) is 5.10 Å². The van der Waals surface area contributed by atoms with Gasteiger partial charge in [0.25, 0.3) is 0 Å². The number of hydrogen-bond donors (Lipinski definition) is 4. The van der Waals surface area contributed by atoms with Gasteiger partial charge in [-0.1, -0.05) is 47.3 Å². The van der Waals surface area contributed by atoms with Gasteiger partial charge < -0.3 is 30.0 Å². The summed E-state index contributed by atoms with van der Waals surface area (Å²) in [6.07, 6.45) is -6.89. The van der Waals surface area contributed by atoms with Crippen molar-refractivity contribution < 1.29 is 30.0 Å². The lowest BCUT2D eigenvalue weighted by molar-refractivity contribution is -0.248. The van der Waals surface area contributed by atoms with Crippen LogP contribution in [-0.4, -0.2) is 78.8 Å². The summed E-state index contributed by atoms with van der Waals surface area (Å²) in [5.41, 5.74) is 2.30. The zero-order chi connectivity index (χ0) is 21.1. The minimum absolute atomic E-state index is 0.268. The van der Waals surface area contributed by atoms with Crippen molar-refractivity contribution in [2.24, 2.45) is 0 Å². The third kappa shape index (κ3) is 4.16. The molecule has 1 saturated carbocycles. The summed E-state index contributed by atoms with van der Waals surface area (Å²) in [5.74, 6) is 0.